The van der Waals surface area contributed by atoms with Gasteiger partial charge >= 0.3 is 0 Å². The van der Waals surface area contributed by atoms with Gasteiger partial charge in [-0.25, -0.2) is 8.42 Å². The Balaban J connectivity index is 3.26. The van der Waals surface area contributed by atoms with Gasteiger partial charge in [-0.15, -0.1) is 0 Å². The largest absolute Gasteiger partial charge is 0.243 e. The van der Waals surface area contributed by atoms with Crippen LogP contribution in [-0.4, -0.2) is 25.8 Å². The molecule has 1 aromatic carbocycles. The summed E-state index contributed by atoms with van der Waals surface area (Å²) in [6.45, 7) is 6.70. The van der Waals surface area contributed by atoms with Crippen molar-refractivity contribution in [2.45, 2.75) is 32.1 Å². The zero-order valence-electron chi connectivity index (χ0n) is 10.1. The molecule has 0 fully saturated rings. The first-order chi connectivity index (χ1) is 7.57. The molecule has 16 heavy (non-hydrogen) atoms. The van der Waals surface area contributed by atoms with Crippen molar-refractivity contribution < 1.29 is 8.42 Å². The van der Waals surface area contributed by atoms with Crippen molar-refractivity contribution in [1.29, 1.82) is 0 Å². The van der Waals surface area contributed by atoms with Crippen LogP contribution in [0.5, 0.6) is 0 Å². The highest BCUT2D eigenvalue weighted by Gasteiger charge is 2.23. The third-order valence-corrected chi connectivity index (χ3v) is 4.83. The van der Waals surface area contributed by atoms with E-state index in [0.29, 0.717) is 18.0 Å². The van der Waals surface area contributed by atoms with Gasteiger partial charge in [-0.2, -0.15) is 4.31 Å². The predicted molar refractivity (Wildman–Crippen MR) is 65.9 cm³/mol. The lowest BCUT2D eigenvalue weighted by atomic mass is 10.2. The summed E-state index contributed by atoms with van der Waals surface area (Å²) >= 11 is 0. The lowest BCUT2D eigenvalue weighted by Gasteiger charge is -2.20. The Kier molecular flexibility index (Phi) is 4.50. The van der Waals surface area contributed by atoms with E-state index in [0.717, 1.165) is 12.0 Å². The van der Waals surface area contributed by atoms with Crippen molar-refractivity contribution in [1.82, 2.24) is 4.31 Å². The normalized spacial score (nSPS) is 12.0. The minimum Gasteiger partial charge on any atom is -0.207 e. The minimum absolute atomic E-state index is 0.446. The molecule has 0 heterocycles. The van der Waals surface area contributed by atoms with Crippen LogP contribution in [0.15, 0.2) is 29.2 Å². The van der Waals surface area contributed by atoms with Gasteiger partial charge in [0, 0.05) is 13.1 Å². The van der Waals surface area contributed by atoms with Crippen molar-refractivity contribution in [2.24, 2.45) is 0 Å². The van der Waals surface area contributed by atoms with Gasteiger partial charge in [-0.1, -0.05) is 39.0 Å². The van der Waals surface area contributed by atoms with Crippen LogP contribution in [0.1, 0.15) is 26.3 Å². The van der Waals surface area contributed by atoms with Crippen LogP contribution >= 0.6 is 0 Å². The lowest BCUT2D eigenvalue weighted by Crippen LogP contribution is -2.31. The Morgan fingerprint density at radius 1 is 1.06 bits per heavy atom. The molecule has 0 amide bonds. The molecule has 4 heteroatoms. The predicted octanol–water partition coefficient (Wildman–Crippen LogP) is 2.28. The second kappa shape index (κ2) is 5.46. The quantitative estimate of drug-likeness (QED) is 0.793. The smallest absolute Gasteiger partial charge is 0.207 e. The molecule has 0 N–H and O–H groups in total. The molecule has 0 aromatic heterocycles. The minimum atomic E-state index is -3.31. The average molecular weight is 241 g/mol. The summed E-state index contributed by atoms with van der Waals surface area (Å²) in [7, 11) is -3.31. The molecule has 0 saturated carbocycles. The van der Waals surface area contributed by atoms with Gasteiger partial charge in [0.15, 0.2) is 0 Å². The molecule has 1 aromatic rings. The fourth-order valence-corrected chi connectivity index (χ4v) is 3.50. The second-order valence-corrected chi connectivity index (χ2v) is 5.46. The number of sulfonamides is 1. The lowest BCUT2D eigenvalue weighted by molar-refractivity contribution is 0.444. The number of rotatable bonds is 5. The van der Waals surface area contributed by atoms with E-state index in [-0.39, 0.29) is 0 Å². The molecule has 1 rings (SSSR count). The van der Waals surface area contributed by atoms with Gasteiger partial charge in [0.25, 0.3) is 0 Å². The molecule has 0 unspecified atom stereocenters. The highest BCUT2D eigenvalue weighted by Crippen LogP contribution is 2.20. The van der Waals surface area contributed by atoms with Crippen molar-refractivity contribution in [3.63, 3.8) is 0 Å². The van der Waals surface area contributed by atoms with Crippen LogP contribution in [0, 0.1) is 0 Å². The van der Waals surface area contributed by atoms with Crippen LogP contribution in [-0.2, 0) is 16.4 Å². The molecular formula is C12H19NO2S. The summed E-state index contributed by atoms with van der Waals surface area (Å²) < 4.78 is 26.1. The third kappa shape index (κ3) is 2.44. The Morgan fingerprint density at radius 2 is 1.62 bits per heavy atom. The number of benzene rings is 1. The van der Waals surface area contributed by atoms with E-state index in [4.69, 9.17) is 0 Å². The van der Waals surface area contributed by atoms with Crippen LogP contribution in [0.4, 0.5) is 0 Å². The van der Waals surface area contributed by atoms with E-state index in [9.17, 15) is 8.42 Å². The van der Waals surface area contributed by atoms with Gasteiger partial charge in [0.1, 0.15) is 0 Å². The van der Waals surface area contributed by atoms with E-state index in [2.05, 4.69) is 0 Å². The molecular weight excluding hydrogens is 222 g/mol. The van der Waals surface area contributed by atoms with Crippen molar-refractivity contribution in [2.75, 3.05) is 13.1 Å². The molecule has 0 aliphatic rings. The van der Waals surface area contributed by atoms with Crippen LogP contribution in [0.2, 0.25) is 0 Å². The fraction of sp³-hybridized carbons (Fsp3) is 0.500. The first-order valence-electron chi connectivity index (χ1n) is 5.65. The van der Waals surface area contributed by atoms with E-state index < -0.39 is 10.0 Å². The molecule has 0 spiro atoms. The van der Waals surface area contributed by atoms with Crippen LogP contribution in [0.25, 0.3) is 0 Å². The van der Waals surface area contributed by atoms with Crippen molar-refractivity contribution in [3.05, 3.63) is 29.8 Å². The first-order valence-corrected chi connectivity index (χ1v) is 7.09. The molecule has 0 bridgehead atoms. The Labute approximate surface area is 98.1 Å². The van der Waals surface area contributed by atoms with Gasteiger partial charge in [-0.05, 0) is 18.1 Å². The number of hydrogen-bond acceptors (Lipinski definition) is 2. The van der Waals surface area contributed by atoms with Crippen molar-refractivity contribution in [3.8, 4) is 0 Å². The number of hydrogen-bond donors (Lipinski definition) is 0. The summed E-state index contributed by atoms with van der Waals surface area (Å²) in [6.07, 6.45) is 0.733. The van der Waals surface area contributed by atoms with E-state index in [1.54, 1.807) is 12.1 Å². The SMILES string of the molecule is CCc1ccccc1S(=O)(=O)N(CC)CC. The summed E-state index contributed by atoms with van der Waals surface area (Å²) in [6, 6.07) is 7.21. The van der Waals surface area contributed by atoms with Crippen LogP contribution < -0.4 is 0 Å². The molecule has 0 saturated heterocycles. The molecule has 90 valence electrons. The molecule has 0 aliphatic heterocycles. The topological polar surface area (TPSA) is 37.4 Å². The molecule has 0 radical (unpaired) electrons. The van der Waals surface area contributed by atoms with Gasteiger partial charge < -0.3 is 0 Å². The van der Waals surface area contributed by atoms with Crippen LogP contribution in [0.3, 0.4) is 0 Å². The zero-order valence-corrected chi connectivity index (χ0v) is 10.9. The molecule has 0 aliphatic carbocycles. The summed E-state index contributed by atoms with van der Waals surface area (Å²) in [5, 5.41) is 0. The van der Waals surface area contributed by atoms with Gasteiger partial charge in [0.05, 0.1) is 4.90 Å². The van der Waals surface area contributed by atoms with E-state index in [1.807, 2.05) is 32.9 Å². The Morgan fingerprint density at radius 3 is 2.12 bits per heavy atom. The monoisotopic (exact) mass is 241 g/mol. The van der Waals surface area contributed by atoms with Gasteiger partial charge in [-0.3, -0.25) is 0 Å². The standard InChI is InChI=1S/C12H19NO2S/c1-4-11-9-7-8-10-12(11)16(14,15)13(5-2)6-3/h7-10H,4-6H2,1-3H3. The first kappa shape index (κ1) is 13.2. The second-order valence-electron chi connectivity index (χ2n) is 3.55. The Hall–Kier alpha value is -0.870. The highest BCUT2D eigenvalue weighted by atomic mass is 32.2. The van der Waals surface area contributed by atoms with E-state index in [1.165, 1.54) is 4.31 Å². The maximum atomic E-state index is 12.3. The molecule has 0 atom stereocenters. The Bertz CT molecular complexity index is 436. The van der Waals surface area contributed by atoms with Gasteiger partial charge in [0.2, 0.25) is 10.0 Å². The molecule has 3 nitrogen and oxygen atoms in total. The summed E-state index contributed by atoms with van der Waals surface area (Å²) in [5.74, 6) is 0. The summed E-state index contributed by atoms with van der Waals surface area (Å²) in [5.41, 5.74) is 0.884. The third-order valence-electron chi connectivity index (χ3n) is 2.68. The summed E-state index contributed by atoms with van der Waals surface area (Å²) in [4.78, 5) is 0.446. The highest BCUT2D eigenvalue weighted by molar-refractivity contribution is 7.89. The fourth-order valence-electron chi connectivity index (χ4n) is 1.75. The maximum absolute atomic E-state index is 12.3. The zero-order chi connectivity index (χ0) is 12.2. The number of nitrogens with zero attached hydrogens (tertiary/aromatic N) is 1. The van der Waals surface area contributed by atoms with Crippen molar-refractivity contribution >= 4 is 10.0 Å². The van der Waals surface area contributed by atoms with E-state index >= 15 is 0 Å². The number of aryl methyl sites for hydroxylation is 1. The average Bonchev–Trinajstić information content (AvgIpc) is 2.30. The maximum Gasteiger partial charge on any atom is 0.243 e.